The Labute approximate surface area is 239 Å². The van der Waals surface area contributed by atoms with E-state index in [-0.39, 0.29) is 30.1 Å². The van der Waals surface area contributed by atoms with Crippen LogP contribution in [-0.4, -0.2) is 81.8 Å². The molecule has 1 unspecified atom stereocenters. The second-order valence-electron chi connectivity index (χ2n) is 11.2. The number of pyridine rings is 1. The number of rotatable bonds is 8. The molecule has 11 nitrogen and oxygen atoms in total. The molecule has 2 aliphatic rings. The van der Waals surface area contributed by atoms with Crippen molar-refractivity contribution in [1.29, 1.82) is 5.26 Å². The van der Waals surface area contributed by atoms with Gasteiger partial charge < -0.3 is 25.0 Å². The summed E-state index contributed by atoms with van der Waals surface area (Å²) in [5, 5.41) is 15.1. The Hall–Kier alpha value is -4.17. The van der Waals surface area contributed by atoms with Crippen molar-refractivity contribution in [2.24, 2.45) is 5.73 Å². The minimum atomic E-state index is -0.589. The van der Waals surface area contributed by atoms with Crippen LogP contribution in [0.15, 0.2) is 30.7 Å². The van der Waals surface area contributed by atoms with Crippen molar-refractivity contribution in [2.75, 3.05) is 33.2 Å². The summed E-state index contributed by atoms with van der Waals surface area (Å²) >= 11 is 0. The Balaban J connectivity index is 1.54. The van der Waals surface area contributed by atoms with Crippen molar-refractivity contribution in [3.63, 3.8) is 0 Å². The molecule has 0 aliphatic carbocycles. The molecule has 2 aromatic heterocycles. The van der Waals surface area contributed by atoms with E-state index < -0.39 is 5.91 Å². The van der Waals surface area contributed by atoms with Gasteiger partial charge in [0.1, 0.15) is 18.3 Å². The Kier molecular flexibility index (Phi) is 8.40. The minimum Gasteiger partial charge on any atom is -0.490 e. The molecule has 0 radical (unpaired) electrons. The zero-order valence-electron chi connectivity index (χ0n) is 23.9. The van der Waals surface area contributed by atoms with Gasteiger partial charge in [0.2, 0.25) is 11.8 Å². The molecular weight excluding hydrogens is 522 g/mol. The summed E-state index contributed by atoms with van der Waals surface area (Å²) in [4.78, 5) is 33.6. The van der Waals surface area contributed by atoms with Crippen molar-refractivity contribution < 1.29 is 19.1 Å². The number of piperidine rings is 2. The summed E-state index contributed by atoms with van der Waals surface area (Å²) in [5.41, 5.74) is 7.75. The first-order chi connectivity index (χ1) is 19.7. The number of likely N-dealkylation sites (tertiary alicyclic amines) is 2. The number of nitrogens with two attached hydrogens (primary N) is 1. The maximum atomic E-state index is 12.5. The largest absolute Gasteiger partial charge is 0.490 e. The number of primary amides is 1. The van der Waals surface area contributed by atoms with Gasteiger partial charge in [0.15, 0.2) is 0 Å². The summed E-state index contributed by atoms with van der Waals surface area (Å²) in [6, 6.07) is 5.77. The van der Waals surface area contributed by atoms with Gasteiger partial charge in [-0.1, -0.05) is 0 Å². The van der Waals surface area contributed by atoms with Crippen LogP contribution in [0, 0.1) is 11.3 Å². The molecule has 11 heteroatoms. The van der Waals surface area contributed by atoms with Crippen molar-refractivity contribution in [3.8, 4) is 28.8 Å². The molecule has 3 aromatic rings. The molecule has 0 spiro atoms. The molecule has 2 saturated heterocycles. The van der Waals surface area contributed by atoms with Crippen LogP contribution in [0.4, 0.5) is 0 Å². The minimum absolute atomic E-state index is 0.153. The van der Waals surface area contributed by atoms with Gasteiger partial charge >= 0.3 is 0 Å². The molecule has 41 heavy (non-hydrogen) atoms. The summed E-state index contributed by atoms with van der Waals surface area (Å²) in [7, 11) is 2.13. The van der Waals surface area contributed by atoms with Crippen molar-refractivity contribution >= 4 is 22.6 Å². The number of benzene rings is 1. The Morgan fingerprint density at radius 1 is 1.15 bits per heavy atom. The maximum absolute atomic E-state index is 12.5. The normalized spacial score (nSPS) is 18.4. The highest BCUT2D eigenvalue weighted by atomic mass is 16.5. The highest BCUT2D eigenvalue weighted by molar-refractivity contribution is 6.06. The number of nitriles is 1. The maximum Gasteiger partial charge on any atom is 0.252 e. The molecule has 216 valence electrons. The Morgan fingerprint density at radius 2 is 1.93 bits per heavy atom. The van der Waals surface area contributed by atoms with E-state index in [0.29, 0.717) is 36.1 Å². The van der Waals surface area contributed by atoms with E-state index in [4.69, 9.17) is 25.5 Å². The number of nitrogens with zero attached hydrogens (tertiary/aromatic N) is 6. The van der Waals surface area contributed by atoms with Gasteiger partial charge in [0.05, 0.1) is 36.5 Å². The average Bonchev–Trinajstić information content (AvgIpc) is 3.43. The number of amides is 2. The third kappa shape index (κ3) is 6.28. The van der Waals surface area contributed by atoms with Gasteiger partial charge in [0, 0.05) is 35.5 Å². The molecule has 2 amide bonds. The quantitative estimate of drug-likeness (QED) is 0.442. The van der Waals surface area contributed by atoms with E-state index in [0.717, 1.165) is 55.3 Å². The molecule has 5 rings (SSSR count). The van der Waals surface area contributed by atoms with Gasteiger partial charge in [-0.05, 0) is 77.2 Å². The lowest BCUT2D eigenvalue weighted by atomic mass is 9.99. The molecule has 2 N–H and O–H groups in total. The molecule has 1 atom stereocenters. The summed E-state index contributed by atoms with van der Waals surface area (Å²) in [5.74, 6) is -0.0426. The lowest BCUT2D eigenvalue weighted by Gasteiger charge is -2.32. The summed E-state index contributed by atoms with van der Waals surface area (Å²) in [6.07, 6.45) is 8.55. The Bertz CT molecular complexity index is 1470. The van der Waals surface area contributed by atoms with Gasteiger partial charge in [-0.25, -0.2) is 4.98 Å². The number of hydrogen-bond donors (Lipinski definition) is 1. The van der Waals surface area contributed by atoms with E-state index in [1.165, 1.54) is 0 Å². The SMILES string of the molecule is CC(C)Oc1cc2c(OC3CCCN(C(=O)CC#N)C3)ncc(-c3cnn(C4CCN(C)CC4)c3)c2cc1C(N)=O. The smallest absolute Gasteiger partial charge is 0.252 e. The van der Waals surface area contributed by atoms with Crippen LogP contribution in [0.2, 0.25) is 0 Å². The number of hydrogen-bond acceptors (Lipinski definition) is 8. The molecule has 2 aliphatic heterocycles. The fourth-order valence-corrected chi connectivity index (χ4v) is 5.64. The molecule has 0 bridgehead atoms. The number of carbonyl (C=O) groups excluding carboxylic acids is 2. The van der Waals surface area contributed by atoms with Crippen molar-refractivity contribution in [1.82, 2.24) is 24.6 Å². The van der Waals surface area contributed by atoms with Crippen LogP contribution >= 0.6 is 0 Å². The first-order valence-corrected chi connectivity index (χ1v) is 14.2. The lowest BCUT2D eigenvalue weighted by Crippen LogP contribution is -2.44. The summed E-state index contributed by atoms with van der Waals surface area (Å²) in [6.45, 7) is 6.79. The van der Waals surface area contributed by atoms with Crippen LogP contribution in [-0.2, 0) is 4.79 Å². The van der Waals surface area contributed by atoms with Gasteiger partial charge in [-0.15, -0.1) is 0 Å². The van der Waals surface area contributed by atoms with Crippen LogP contribution in [0.3, 0.4) is 0 Å². The number of carbonyl (C=O) groups is 2. The van der Waals surface area contributed by atoms with Crippen LogP contribution < -0.4 is 15.2 Å². The lowest BCUT2D eigenvalue weighted by molar-refractivity contribution is -0.132. The van der Waals surface area contributed by atoms with E-state index in [9.17, 15) is 9.59 Å². The predicted octanol–water partition coefficient (Wildman–Crippen LogP) is 3.53. The van der Waals surface area contributed by atoms with Crippen molar-refractivity contribution in [3.05, 3.63) is 36.3 Å². The van der Waals surface area contributed by atoms with Gasteiger partial charge in [0.25, 0.3) is 5.91 Å². The second kappa shape index (κ2) is 12.1. The van der Waals surface area contributed by atoms with Gasteiger partial charge in [-0.2, -0.15) is 10.4 Å². The van der Waals surface area contributed by atoms with E-state index in [1.54, 1.807) is 23.2 Å². The highest BCUT2D eigenvalue weighted by Gasteiger charge is 2.27. The zero-order chi connectivity index (χ0) is 29.1. The summed E-state index contributed by atoms with van der Waals surface area (Å²) < 4.78 is 14.4. The Morgan fingerprint density at radius 3 is 2.63 bits per heavy atom. The fourth-order valence-electron chi connectivity index (χ4n) is 5.64. The van der Waals surface area contributed by atoms with E-state index in [1.807, 2.05) is 37.0 Å². The average molecular weight is 560 g/mol. The predicted molar refractivity (Wildman–Crippen MR) is 153 cm³/mol. The van der Waals surface area contributed by atoms with Crippen LogP contribution in [0.25, 0.3) is 21.9 Å². The first-order valence-electron chi connectivity index (χ1n) is 14.2. The van der Waals surface area contributed by atoms with E-state index in [2.05, 4.69) is 17.0 Å². The molecule has 0 saturated carbocycles. The fraction of sp³-hybridized carbons (Fsp3) is 0.500. The van der Waals surface area contributed by atoms with Crippen LogP contribution in [0.5, 0.6) is 11.6 Å². The second-order valence-corrected chi connectivity index (χ2v) is 11.2. The molecular formula is C30H37N7O4. The molecule has 4 heterocycles. The third-order valence-corrected chi connectivity index (χ3v) is 7.79. The van der Waals surface area contributed by atoms with Crippen LogP contribution in [0.1, 0.15) is 62.4 Å². The van der Waals surface area contributed by atoms with Gasteiger partial charge in [-0.3, -0.25) is 14.3 Å². The van der Waals surface area contributed by atoms with E-state index >= 15 is 0 Å². The highest BCUT2D eigenvalue weighted by Crippen LogP contribution is 2.38. The van der Waals surface area contributed by atoms with Crippen molar-refractivity contribution in [2.45, 2.75) is 64.2 Å². The number of ether oxygens (including phenoxy) is 2. The zero-order valence-corrected chi connectivity index (χ0v) is 23.9. The first kappa shape index (κ1) is 28.4. The molecule has 1 aromatic carbocycles. The monoisotopic (exact) mass is 559 g/mol. The standard InChI is InChI=1S/C30H37N7O4/c1-19(2)40-27-14-24-23(13-25(27)29(32)39)26(20-15-34-37(17-20)21-7-11-35(3)12-8-21)16-33-30(24)41-22-5-4-10-36(18-22)28(38)6-9-31/h13-17,19,21-22H,4-8,10-12,18H2,1-3H3,(H2,32,39). The molecule has 2 fully saturated rings. The number of aromatic nitrogens is 3. The number of fused-ring (bicyclic) bond motifs is 1. The topological polar surface area (TPSA) is 140 Å². The third-order valence-electron chi connectivity index (χ3n) is 7.79.